The highest BCUT2D eigenvalue weighted by Crippen LogP contribution is 2.04. The van der Waals surface area contributed by atoms with E-state index in [0.717, 1.165) is 32.5 Å². The minimum atomic E-state index is 0.312. The highest BCUT2D eigenvalue weighted by atomic mass is 35.5. The van der Waals surface area contributed by atoms with E-state index in [4.69, 9.17) is 11.6 Å². The van der Waals surface area contributed by atoms with E-state index in [1.54, 1.807) is 6.20 Å². The van der Waals surface area contributed by atoms with E-state index in [1.165, 1.54) is 0 Å². The molecule has 1 aromatic rings. The van der Waals surface area contributed by atoms with Gasteiger partial charge in [-0.3, -0.25) is 4.68 Å². The monoisotopic (exact) mass is 215 g/mol. The van der Waals surface area contributed by atoms with E-state index >= 15 is 0 Å². The molecule has 0 bridgehead atoms. The zero-order valence-electron chi connectivity index (χ0n) is 8.62. The van der Waals surface area contributed by atoms with E-state index in [1.807, 2.05) is 16.9 Å². The Kier molecular flexibility index (Phi) is 5.64. The molecule has 1 atom stereocenters. The van der Waals surface area contributed by atoms with E-state index in [2.05, 4.69) is 17.3 Å². The Morgan fingerprint density at radius 1 is 1.50 bits per heavy atom. The Balaban J connectivity index is 1.95. The van der Waals surface area contributed by atoms with Crippen molar-refractivity contribution in [2.75, 3.05) is 13.1 Å². The van der Waals surface area contributed by atoms with Gasteiger partial charge in [0.1, 0.15) is 0 Å². The molecule has 14 heavy (non-hydrogen) atoms. The molecule has 1 heterocycles. The van der Waals surface area contributed by atoms with Crippen molar-refractivity contribution in [3.8, 4) is 0 Å². The molecule has 0 saturated heterocycles. The quantitative estimate of drug-likeness (QED) is 0.556. The lowest BCUT2D eigenvalue weighted by Gasteiger charge is -2.07. The second kappa shape index (κ2) is 6.85. The van der Waals surface area contributed by atoms with Crippen LogP contribution in [0.3, 0.4) is 0 Å². The van der Waals surface area contributed by atoms with Crippen LogP contribution >= 0.6 is 11.6 Å². The Bertz CT molecular complexity index is 223. The minimum absolute atomic E-state index is 0.312. The fourth-order valence-electron chi connectivity index (χ4n) is 1.21. The molecule has 0 aromatic carbocycles. The van der Waals surface area contributed by atoms with Crippen molar-refractivity contribution in [2.45, 2.75) is 31.7 Å². The second-order valence-corrected chi connectivity index (χ2v) is 3.93. The summed E-state index contributed by atoms with van der Waals surface area (Å²) in [6, 6.07) is 1.94. The van der Waals surface area contributed by atoms with Crippen molar-refractivity contribution in [1.29, 1.82) is 0 Å². The molecule has 80 valence electrons. The van der Waals surface area contributed by atoms with E-state index in [0.29, 0.717) is 5.38 Å². The van der Waals surface area contributed by atoms with E-state index in [9.17, 15) is 0 Å². The molecular formula is C10H18ClN3. The van der Waals surface area contributed by atoms with Gasteiger partial charge in [-0.25, -0.2) is 0 Å². The van der Waals surface area contributed by atoms with E-state index in [-0.39, 0.29) is 0 Å². The predicted molar refractivity (Wildman–Crippen MR) is 59.6 cm³/mol. The molecule has 0 spiro atoms. The SMILES string of the molecule is CCC(Cl)CCNCCn1cccn1. The van der Waals surface area contributed by atoms with Crippen LogP contribution in [0.25, 0.3) is 0 Å². The summed E-state index contributed by atoms with van der Waals surface area (Å²) < 4.78 is 1.92. The first-order valence-corrected chi connectivity index (χ1v) is 5.58. The van der Waals surface area contributed by atoms with Crippen molar-refractivity contribution in [1.82, 2.24) is 15.1 Å². The summed E-state index contributed by atoms with van der Waals surface area (Å²) in [7, 11) is 0. The van der Waals surface area contributed by atoms with Crippen molar-refractivity contribution in [2.24, 2.45) is 0 Å². The lowest BCUT2D eigenvalue weighted by atomic mass is 10.2. The zero-order valence-corrected chi connectivity index (χ0v) is 9.37. The molecule has 0 fully saturated rings. The molecule has 1 aromatic heterocycles. The van der Waals surface area contributed by atoms with E-state index < -0.39 is 0 Å². The summed E-state index contributed by atoms with van der Waals surface area (Å²) in [4.78, 5) is 0. The minimum Gasteiger partial charge on any atom is -0.315 e. The van der Waals surface area contributed by atoms with Gasteiger partial charge in [0, 0.05) is 24.3 Å². The van der Waals surface area contributed by atoms with Gasteiger partial charge in [-0.05, 0) is 25.5 Å². The van der Waals surface area contributed by atoms with Crippen LogP contribution in [0.5, 0.6) is 0 Å². The van der Waals surface area contributed by atoms with Crippen molar-refractivity contribution >= 4 is 11.6 Å². The standard InChI is InChI=1S/C10H18ClN3/c1-2-10(11)4-6-12-7-9-14-8-3-5-13-14/h3,5,8,10,12H,2,4,6-7,9H2,1H3. The average Bonchev–Trinajstić information content (AvgIpc) is 2.69. The van der Waals surface area contributed by atoms with Gasteiger partial charge < -0.3 is 5.32 Å². The molecule has 0 saturated carbocycles. The van der Waals surface area contributed by atoms with Crippen LogP contribution in [0.1, 0.15) is 19.8 Å². The van der Waals surface area contributed by atoms with Gasteiger partial charge in [-0.15, -0.1) is 11.6 Å². The summed E-state index contributed by atoms with van der Waals surface area (Å²) in [5.41, 5.74) is 0. The van der Waals surface area contributed by atoms with Gasteiger partial charge in [0.15, 0.2) is 0 Å². The molecular weight excluding hydrogens is 198 g/mol. The number of nitrogens with one attached hydrogen (secondary N) is 1. The summed E-state index contributed by atoms with van der Waals surface area (Å²) in [5.74, 6) is 0. The van der Waals surface area contributed by atoms with Crippen LogP contribution < -0.4 is 5.32 Å². The normalized spacial score (nSPS) is 13.0. The van der Waals surface area contributed by atoms with Crippen molar-refractivity contribution < 1.29 is 0 Å². The second-order valence-electron chi connectivity index (χ2n) is 3.31. The fourth-order valence-corrected chi connectivity index (χ4v) is 1.32. The summed E-state index contributed by atoms with van der Waals surface area (Å²) >= 11 is 5.99. The Morgan fingerprint density at radius 2 is 2.36 bits per heavy atom. The van der Waals surface area contributed by atoms with Crippen LogP contribution in [0.15, 0.2) is 18.5 Å². The molecule has 1 N–H and O–H groups in total. The summed E-state index contributed by atoms with van der Waals surface area (Å²) in [6.07, 6.45) is 5.85. The molecule has 3 nitrogen and oxygen atoms in total. The number of hydrogen-bond donors (Lipinski definition) is 1. The van der Waals surface area contributed by atoms with Crippen molar-refractivity contribution in [3.05, 3.63) is 18.5 Å². The average molecular weight is 216 g/mol. The molecule has 0 aliphatic carbocycles. The number of rotatable bonds is 7. The Labute approximate surface area is 90.4 Å². The van der Waals surface area contributed by atoms with Gasteiger partial charge in [0.2, 0.25) is 0 Å². The number of hydrogen-bond acceptors (Lipinski definition) is 2. The van der Waals surface area contributed by atoms with Crippen LogP contribution in [0, 0.1) is 0 Å². The van der Waals surface area contributed by atoms with Gasteiger partial charge in [-0.2, -0.15) is 5.10 Å². The number of aromatic nitrogens is 2. The first kappa shape index (κ1) is 11.5. The maximum atomic E-state index is 5.99. The first-order valence-electron chi connectivity index (χ1n) is 5.15. The lowest BCUT2D eigenvalue weighted by molar-refractivity contribution is 0.541. The summed E-state index contributed by atoms with van der Waals surface area (Å²) in [6.45, 7) is 4.98. The van der Waals surface area contributed by atoms with Gasteiger partial charge in [0.05, 0.1) is 6.54 Å². The van der Waals surface area contributed by atoms with Crippen LogP contribution in [0.2, 0.25) is 0 Å². The van der Waals surface area contributed by atoms with Crippen molar-refractivity contribution in [3.63, 3.8) is 0 Å². The highest BCUT2D eigenvalue weighted by molar-refractivity contribution is 6.20. The molecule has 4 heteroatoms. The summed E-state index contributed by atoms with van der Waals surface area (Å²) in [5, 5.41) is 7.77. The van der Waals surface area contributed by atoms with Crippen LogP contribution in [-0.4, -0.2) is 28.2 Å². The number of halogens is 1. The Hall–Kier alpha value is -0.540. The lowest BCUT2D eigenvalue weighted by Crippen LogP contribution is -2.23. The van der Waals surface area contributed by atoms with Crippen LogP contribution in [0.4, 0.5) is 0 Å². The molecule has 1 unspecified atom stereocenters. The maximum absolute atomic E-state index is 5.99. The fraction of sp³-hybridized carbons (Fsp3) is 0.700. The number of nitrogens with zero attached hydrogens (tertiary/aromatic N) is 2. The van der Waals surface area contributed by atoms with Gasteiger partial charge in [0.25, 0.3) is 0 Å². The third-order valence-electron chi connectivity index (χ3n) is 2.15. The molecule has 0 aliphatic rings. The number of alkyl halides is 1. The molecule has 0 radical (unpaired) electrons. The predicted octanol–water partition coefficient (Wildman–Crippen LogP) is 1.88. The third-order valence-corrected chi connectivity index (χ3v) is 2.68. The topological polar surface area (TPSA) is 29.9 Å². The molecule has 0 aliphatic heterocycles. The Morgan fingerprint density at radius 3 is 3.00 bits per heavy atom. The third kappa shape index (κ3) is 4.63. The van der Waals surface area contributed by atoms with Gasteiger partial charge >= 0.3 is 0 Å². The largest absolute Gasteiger partial charge is 0.315 e. The first-order chi connectivity index (χ1) is 6.83. The molecule has 0 amide bonds. The van der Waals surface area contributed by atoms with Crippen LogP contribution in [-0.2, 0) is 6.54 Å². The zero-order chi connectivity index (χ0) is 10.2. The maximum Gasteiger partial charge on any atom is 0.0533 e. The smallest absolute Gasteiger partial charge is 0.0533 e. The highest BCUT2D eigenvalue weighted by Gasteiger charge is 1.99. The van der Waals surface area contributed by atoms with Gasteiger partial charge in [-0.1, -0.05) is 6.92 Å². The molecule has 1 rings (SSSR count).